The number of fused-ring (bicyclic) bond motifs is 1. The van der Waals surface area contributed by atoms with Crippen LogP contribution in [0.1, 0.15) is 12.5 Å². The minimum atomic E-state index is -0.952. The molecule has 8 heteroatoms. The van der Waals surface area contributed by atoms with Gasteiger partial charge in [0.25, 0.3) is 5.91 Å². The summed E-state index contributed by atoms with van der Waals surface area (Å²) in [6.07, 6.45) is -0.176. The molecule has 0 fully saturated rings. The second-order valence-corrected chi connectivity index (χ2v) is 6.78. The summed E-state index contributed by atoms with van der Waals surface area (Å²) in [5.41, 5.74) is 1.72. The normalized spacial score (nSPS) is 14.5. The number of hydrogen-bond acceptors (Lipinski definition) is 6. The fourth-order valence-corrected chi connectivity index (χ4v) is 2.92. The van der Waals surface area contributed by atoms with E-state index in [0.717, 1.165) is 12.0 Å². The van der Waals surface area contributed by atoms with Crippen LogP contribution in [0.2, 0.25) is 0 Å². The number of rotatable bonds is 7. The lowest BCUT2D eigenvalue weighted by Gasteiger charge is -2.25. The van der Waals surface area contributed by atoms with Gasteiger partial charge in [-0.25, -0.2) is 4.79 Å². The van der Waals surface area contributed by atoms with Gasteiger partial charge in [0.05, 0.1) is 6.54 Å². The van der Waals surface area contributed by atoms with Crippen molar-refractivity contribution in [2.24, 2.45) is 0 Å². The van der Waals surface area contributed by atoms with E-state index in [0.29, 0.717) is 17.2 Å². The van der Waals surface area contributed by atoms with Gasteiger partial charge in [-0.2, -0.15) is 0 Å². The van der Waals surface area contributed by atoms with E-state index in [1.165, 1.54) is 11.9 Å². The first kappa shape index (κ1) is 21.2. The third-order valence-corrected chi connectivity index (χ3v) is 4.59. The molecule has 30 heavy (non-hydrogen) atoms. The molecule has 0 bridgehead atoms. The summed E-state index contributed by atoms with van der Waals surface area (Å²) in [7, 11) is 1.47. The second-order valence-electron chi connectivity index (χ2n) is 6.78. The van der Waals surface area contributed by atoms with Gasteiger partial charge in [0, 0.05) is 12.7 Å². The van der Waals surface area contributed by atoms with Crippen LogP contribution >= 0.6 is 0 Å². The molecule has 0 aromatic heterocycles. The van der Waals surface area contributed by atoms with Crippen LogP contribution in [0.4, 0.5) is 5.69 Å². The number of likely N-dealkylation sites (N-methyl/N-ethyl adjacent to an activating group) is 1. The number of carbonyl (C=O) groups is 3. The van der Waals surface area contributed by atoms with Gasteiger partial charge >= 0.3 is 5.97 Å². The van der Waals surface area contributed by atoms with Crippen LogP contribution in [-0.2, 0) is 25.5 Å². The number of ether oxygens (including phenoxy) is 3. The molecule has 1 N–H and O–H groups in total. The molecule has 0 spiro atoms. The van der Waals surface area contributed by atoms with Gasteiger partial charge in [-0.15, -0.1) is 0 Å². The fourth-order valence-electron chi connectivity index (χ4n) is 2.92. The topological polar surface area (TPSA) is 94.2 Å². The molecule has 1 unspecified atom stereocenters. The maximum absolute atomic E-state index is 12.2. The van der Waals surface area contributed by atoms with Crippen LogP contribution < -0.4 is 14.8 Å². The van der Waals surface area contributed by atoms with Crippen molar-refractivity contribution < 1.29 is 28.6 Å². The van der Waals surface area contributed by atoms with Crippen molar-refractivity contribution in [2.75, 3.05) is 32.1 Å². The van der Waals surface area contributed by atoms with Crippen LogP contribution in [0, 0.1) is 0 Å². The lowest BCUT2D eigenvalue weighted by molar-refractivity contribution is -0.159. The Morgan fingerprint density at radius 3 is 2.57 bits per heavy atom. The molecule has 1 atom stereocenters. The third kappa shape index (κ3) is 5.28. The maximum Gasteiger partial charge on any atom is 0.351 e. The lowest BCUT2D eigenvalue weighted by Crippen LogP contribution is -2.41. The van der Waals surface area contributed by atoms with Crippen molar-refractivity contribution in [3.8, 4) is 11.5 Å². The third-order valence-electron chi connectivity index (χ3n) is 4.59. The maximum atomic E-state index is 12.2. The predicted molar refractivity (Wildman–Crippen MR) is 109 cm³/mol. The van der Waals surface area contributed by atoms with Crippen LogP contribution in [0.5, 0.6) is 11.5 Å². The number of hydrogen-bond donors (Lipinski definition) is 1. The van der Waals surface area contributed by atoms with Gasteiger partial charge < -0.3 is 24.4 Å². The number of esters is 1. The highest BCUT2D eigenvalue weighted by Crippen LogP contribution is 2.31. The van der Waals surface area contributed by atoms with Crippen molar-refractivity contribution in [3.63, 3.8) is 0 Å². The number of anilines is 1. The standard InChI is InChI=1S/C22H24N2O6/c1-3-15-8-4-5-9-16(15)23-20(25)12-24(2)21(26)14-29-22(27)19-13-28-17-10-6-7-11-18(17)30-19/h4-11,19H,3,12-14H2,1-2H3,(H,23,25). The summed E-state index contributed by atoms with van der Waals surface area (Å²) in [6, 6.07) is 14.5. The summed E-state index contributed by atoms with van der Waals surface area (Å²) in [5, 5.41) is 2.80. The molecule has 2 amide bonds. The Labute approximate surface area is 174 Å². The van der Waals surface area contributed by atoms with Gasteiger partial charge in [-0.3, -0.25) is 9.59 Å². The zero-order valence-corrected chi connectivity index (χ0v) is 16.9. The van der Waals surface area contributed by atoms with E-state index in [9.17, 15) is 14.4 Å². The second kappa shape index (κ2) is 9.78. The van der Waals surface area contributed by atoms with Crippen molar-refractivity contribution >= 4 is 23.5 Å². The van der Waals surface area contributed by atoms with E-state index < -0.39 is 24.6 Å². The molecular weight excluding hydrogens is 388 g/mol. The molecule has 8 nitrogen and oxygen atoms in total. The molecule has 3 rings (SSSR count). The first-order chi connectivity index (χ1) is 14.5. The number of nitrogens with one attached hydrogen (secondary N) is 1. The Balaban J connectivity index is 1.45. The average Bonchev–Trinajstić information content (AvgIpc) is 2.77. The monoisotopic (exact) mass is 412 g/mol. The first-order valence-corrected chi connectivity index (χ1v) is 9.64. The van der Waals surface area contributed by atoms with Gasteiger partial charge in [-0.05, 0) is 30.2 Å². The molecule has 1 aliphatic rings. The zero-order chi connectivity index (χ0) is 21.5. The number of carbonyl (C=O) groups excluding carboxylic acids is 3. The number of aryl methyl sites for hydroxylation is 1. The van der Waals surface area contributed by atoms with Crippen molar-refractivity contribution in [1.82, 2.24) is 4.90 Å². The summed E-state index contributed by atoms with van der Waals surface area (Å²) in [5.74, 6) is -0.545. The Morgan fingerprint density at radius 1 is 1.10 bits per heavy atom. The van der Waals surface area contributed by atoms with Crippen molar-refractivity contribution in [1.29, 1.82) is 0 Å². The average molecular weight is 412 g/mol. The van der Waals surface area contributed by atoms with Crippen LogP contribution in [-0.4, -0.2) is 55.6 Å². The molecule has 0 radical (unpaired) electrons. The highest BCUT2D eigenvalue weighted by atomic mass is 16.6. The fraction of sp³-hybridized carbons (Fsp3) is 0.318. The highest BCUT2D eigenvalue weighted by Gasteiger charge is 2.29. The lowest BCUT2D eigenvalue weighted by atomic mass is 10.1. The van der Waals surface area contributed by atoms with E-state index in [1.54, 1.807) is 24.3 Å². The predicted octanol–water partition coefficient (Wildman–Crippen LogP) is 2.03. The van der Waals surface area contributed by atoms with E-state index in [4.69, 9.17) is 14.2 Å². The van der Waals surface area contributed by atoms with Gasteiger partial charge in [0.1, 0.15) is 6.61 Å². The van der Waals surface area contributed by atoms with E-state index in [2.05, 4.69) is 5.32 Å². The summed E-state index contributed by atoms with van der Waals surface area (Å²) >= 11 is 0. The van der Waals surface area contributed by atoms with Crippen molar-refractivity contribution in [3.05, 3.63) is 54.1 Å². The Kier molecular flexibility index (Phi) is 6.90. The number of para-hydroxylation sites is 3. The molecule has 1 heterocycles. The highest BCUT2D eigenvalue weighted by molar-refractivity contribution is 5.95. The molecule has 0 saturated heterocycles. The minimum Gasteiger partial charge on any atom is -0.485 e. The molecule has 0 aliphatic carbocycles. The Bertz CT molecular complexity index is 929. The molecular formula is C22H24N2O6. The molecule has 2 aromatic rings. The van der Waals surface area contributed by atoms with E-state index in [-0.39, 0.29) is 19.1 Å². The number of nitrogens with zero attached hydrogens (tertiary/aromatic N) is 1. The molecule has 158 valence electrons. The van der Waals surface area contributed by atoms with E-state index in [1.807, 2.05) is 31.2 Å². The van der Waals surface area contributed by atoms with Crippen LogP contribution in [0.25, 0.3) is 0 Å². The van der Waals surface area contributed by atoms with Crippen molar-refractivity contribution in [2.45, 2.75) is 19.4 Å². The summed E-state index contributed by atoms with van der Waals surface area (Å²) in [6.45, 7) is 1.34. The van der Waals surface area contributed by atoms with Crippen LogP contribution in [0.15, 0.2) is 48.5 Å². The zero-order valence-electron chi connectivity index (χ0n) is 16.9. The molecule has 0 saturated carbocycles. The summed E-state index contributed by atoms with van der Waals surface area (Å²) in [4.78, 5) is 37.9. The quantitative estimate of drug-likeness (QED) is 0.700. The largest absolute Gasteiger partial charge is 0.485 e. The Morgan fingerprint density at radius 2 is 1.80 bits per heavy atom. The van der Waals surface area contributed by atoms with E-state index >= 15 is 0 Å². The van der Waals surface area contributed by atoms with Crippen LogP contribution in [0.3, 0.4) is 0 Å². The summed E-state index contributed by atoms with van der Waals surface area (Å²) < 4.78 is 16.1. The smallest absolute Gasteiger partial charge is 0.351 e. The number of amides is 2. The first-order valence-electron chi connectivity index (χ1n) is 9.64. The SMILES string of the molecule is CCc1ccccc1NC(=O)CN(C)C(=O)COC(=O)C1COc2ccccc2O1. The van der Waals surface area contributed by atoms with Gasteiger partial charge in [0.2, 0.25) is 12.0 Å². The van der Waals surface area contributed by atoms with Gasteiger partial charge in [-0.1, -0.05) is 37.3 Å². The Hall–Kier alpha value is -3.55. The minimum absolute atomic E-state index is 0.000873. The molecule has 1 aliphatic heterocycles. The number of benzene rings is 2. The molecule has 2 aromatic carbocycles. The van der Waals surface area contributed by atoms with Gasteiger partial charge in [0.15, 0.2) is 18.1 Å².